The molecular formula is C14H17NO4. The number of carboxylic acids is 1. The zero-order valence-corrected chi connectivity index (χ0v) is 11.0. The maximum atomic E-state index is 12.2. The summed E-state index contributed by atoms with van der Waals surface area (Å²) in [6, 6.07) is 4.28. The number of nitrogens with zero attached hydrogens (tertiary/aromatic N) is 1. The lowest BCUT2D eigenvalue weighted by Crippen LogP contribution is -2.44. The van der Waals surface area contributed by atoms with Crippen molar-refractivity contribution in [2.45, 2.75) is 33.0 Å². The molecule has 1 amide bonds. The number of carboxylic acid groups (broad SMARTS) is 1. The van der Waals surface area contributed by atoms with Crippen molar-refractivity contribution in [1.82, 2.24) is 4.90 Å². The van der Waals surface area contributed by atoms with Crippen molar-refractivity contribution in [1.29, 1.82) is 0 Å². The van der Waals surface area contributed by atoms with Crippen molar-refractivity contribution in [3.8, 4) is 0 Å². The van der Waals surface area contributed by atoms with Crippen LogP contribution in [-0.2, 0) is 17.9 Å². The van der Waals surface area contributed by atoms with E-state index in [0.29, 0.717) is 5.56 Å². The molecule has 1 aliphatic heterocycles. The molecule has 102 valence electrons. The zero-order valence-electron chi connectivity index (χ0n) is 11.0. The number of amides is 1. The van der Waals surface area contributed by atoms with Crippen molar-refractivity contribution < 1.29 is 19.8 Å². The number of fused-ring (bicyclic) bond motifs is 1. The molecule has 1 aromatic rings. The fourth-order valence-electron chi connectivity index (χ4n) is 2.50. The predicted molar refractivity (Wildman–Crippen MR) is 68.5 cm³/mol. The molecule has 1 unspecified atom stereocenters. The molecule has 0 fully saturated rings. The van der Waals surface area contributed by atoms with Gasteiger partial charge in [-0.3, -0.25) is 4.79 Å². The Hall–Kier alpha value is -1.88. The van der Waals surface area contributed by atoms with Crippen LogP contribution < -0.4 is 0 Å². The predicted octanol–water partition coefficient (Wildman–Crippen LogP) is 1.24. The molecule has 0 saturated heterocycles. The molecule has 1 aromatic carbocycles. The van der Waals surface area contributed by atoms with Gasteiger partial charge in [0.05, 0.1) is 6.61 Å². The number of hydrogen-bond acceptors (Lipinski definition) is 3. The Bertz CT molecular complexity index is 524. The van der Waals surface area contributed by atoms with E-state index in [1.54, 1.807) is 32.0 Å². The SMILES string of the molecule is CC(C)C(C(=O)O)N1Cc2cc(CO)ccc2C1=O. The molecule has 5 heteroatoms. The third-order valence-electron chi connectivity index (χ3n) is 3.40. The normalized spacial score (nSPS) is 15.8. The van der Waals surface area contributed by atoms with Gasteiger partial charge in [0.15, 0.2) is 0 Å². The van der Waals surface area contributed by atoms with E-state index in [-0.39, 0.29) is 25.0 Å². The molecule has 0 aromatic heterocycles. The minimum Gasteiger partial charge on any atom is -0.480 e. The lowest BCUT2D eigenvalue weighted by molar-refractivity contribution is -0.144. The van der Waals surface area contributed by atoms with Crippen LogP contribution >= 0.6 is 0 Å². The van der Waals surface area contributed by atoms with Crippen LogP contribution in [0.2, 0.25) is 0 Å². The highest BCUT2D eigenvalue weighted by molar-refractivity contribution is 6.00. The van der Waals surface area contributed by atoms with Crippen LogP contribution in [-0.4, -0.2) is 33.0 Å². The van der Waals surface area contributed by atoms with Crippen molar-refractivity contribution in [2.75, 3.05) is 0 Å². The summed E-state index contributed by atoms with van der Waals surface area (Å²) in [6.07, 6.45) is 0. The topological polar surface area (TPSA) is 77.8 Å². The molecule has 0 aliphatic carbocycles. The quantitative estimate of drug-likeness (QED) is 0.856. The minimum absolute atomic E-state index is 0.0893. The fraction of sp³-hybridized carbons (Fsp3) is 0.429. The molecule has 1 aliphatic rings. The number of aliphatic carboxylic acids is 1. The number of aliphatic hydroxyl groups excluding tert-OH is 1. The maximum Gasteiger partial charge on any atom is 0.326 e. The maximum absolute atomic E-state index is 12.2. The molecule has 1 heterocycles. The first-order valence-corrected chi connectivity index (χ1v) is 6.22. The van der Waals surface area contributed by atoms with E-state index >= 15 is 0 Å². The Morgan fingerprint density at radius 1 is 1.42 bits per heavy atom. The van der Waals surface area contributed by atoms with Gasteiger partial charge >= 0.3 is 5.97 Å². The molecular weight excluding hydrogens is 246 g/mol. The van der Waals surface area contributed by atoms with E-state index < -0.39 is 12.0 Å². The Morgan fingerprint density at radius 2 is 2.11 bits per heavy atom. The van der Waals surface area contributed by atoms with Crippen molar-refractivity contribution in [3.63, 3.8) is 0 Å². The standard InChI is InChI=1S/C14H17NO4/c1-8(2)12(14(18)19)15-6-10-5-9(7-16)3-4-11(10)13(15)17/h3-5,8,12,16H,6-7H2,1-2H3,(H,18,19). The Morgan fingerprint density at radius 3 is 2.63 bits per heavy atom. The highest BCUT2D eigenvalue weighted by atomic mass is 16.4. The second-order valence-corrected chi connectivity index (χ2v) is 5.11. The lowest BCUT2D eigenvalue weighted by atomic mass is 10.0. The van der Waals surface area contributed by atoms with Gasteiger partial charge in [0.25, 0.3) is 5.91 Å². The number of rotatable bonds is 4. The third kappa shape index (κ3) is 2.33. The summed E-state index contributed by atoms with van der Waals surface area (Å²) in [6.45, 7) is 3.77. The van der Waals surface area contributed by atoms with Gasteiger partial charge in [-0.2, -0.15) is 0 Å². The molecule has 2 rings (SSSR count). The van der Waals surface area contributed by atoms with E-state index in [0.717, 1.165) is 11.1 Å². The van der Waals surface area contributed by atoms with E-state index in [1.165, 1.54) is 4.90 Å². The summed E-state index contributed by atoms with van der Waals surface area (Å²) >= 11 is 0. The van der Waals surface area contributed by atoms with Crippen LogP contribution in [0.25, 0.3) is 0 Å². The number of aliphatic hydroxyl groups is 1. The molecule has 1 atom stereocenters. The second kappa shape index (κ2) is 5.01. The Kier molecular flexibility index (Phi) is 3.57. The molecule has 5 nitrogen and oxygen atoms in total. The molecule has 2 N–H and O–H groups in total. The first-order chi connectivity index (χ1) is 8.95. The van der Waals surface area contributed by atoms with Crippen LogP contribution in [0.5, 0.6) is 0 Å². The molecule has 19 heavy (non-hydrogen) atoms. The molecule has 0 saturated carbocycles. The van der Waals surface area contributed by atoms with Gasteiger partial charge in [-0.05, 0) is 23.1 Å². The van der Waals surface area contributed by atoms with Crippen LogP contribution in [0.4, 0.5) is 0 Å². The van der Waals surface area contributed by atoms with Gasteiger partial charge in [0.1, 0.15) is 6.04 Å². The van der Waals surface area contributed by atoms with E-state index in [1.807, 2.05) is 0 Å². The summed E-state index contributed by atoms with van der Waals surface area (Å²) in [5, 5.41) is 18.4. The van der Waals surface area contributed by atoms with Gasteiger partial charge in [-0.1, -0.05) is 26.0 Å². The summed E-state index contributed by atoms with van der Waals surface area (Å²) in [5.41, 5.74) is 2.04. The van der Waals surface area contributed by atoms with E-state index in [4.69, 9.17) is 5.11 Å². The number of carbonyl (C=O) groups excluding carboxylic acids is 1. The van der Waals surface area contributed by atoms with E-state index in [2.05, 4.69) is 0 Å². The Labute approximate surface area is 111 Å². The molecule has 0 spiro atoms. The van der Waals surface area contributed by atoms with Gasteiger partial charge in [-0.25, -0.2) is 4.79 Å². The average molecular weight is 263 g/mol. The average Bonchev–Trinajstić information content (AvgIpc) is 2.65. The van der Waals surface area contributed by atoms with Gasteiger partial charge in [0.2, 0.25) is 0 Å². The first-order valence-electron chi connectivity index (χ1n) is 6.22. The van der Waals surface area contributed by atoms with Crippen molar-refractivity contribution >= 4 is 11.9 Å². The van der Waals surface area contributed by atoms with Crippen LogP contribution in [0.3, 0.4) is 0 Å². The highest BCUT2D eigenvalue weighted by Crippen LogP contribution is 2.28. The largest absolute Gasteiger partial charge is 0.480 e. The summed E-state index contributed by atoms with van der Waals surface area (Å²) in [4.78, 5) is 24.9. The molecule has 0 radical (unpaired) electrons. The van der Waals surface area contributed by atoms with Crippen molar-refractivity contribution in [3.05, 3.63) is 34.9 Å². The van der Waals surface area contributed by atoms with Gasteiger partial charge < -0.3 is 15.1 Å². The van der Waals surface area contributed by atoms with Gasteiger partial charge in [-0.15, -0.1) is 0 Å². The highest BCUT2D eigenvalue weighted by Gasteiger charge is 2.37. The summed E-state index contributed by atoms with van der Waals surface area (Å²) in [7, 11) is 0. The number of benzene rings is 1. The number of hydrogen-bond donors (Lipinski definition) is 2. The monoisotopic (exact) mass is 263 g/mol. The fourth-order valence-corrected chi connectivity index (χ4v) is 2.50. The van der Waals surface area contributed by atoms with Crippen molar-refractivity contribution in [2.24, 2.45) is 5.92 Å². The third-order valence-corrected chi connectivity index (χ3v) is 3.40. The van der Waals surface area contributed by atoms with Crippen LogP contribution in [0, 0.1) is 5.92 Å². The smallest absolute Gasteiger partial charge is 0.326 e. The zero-order chi connectivity index (χ0) is 14.2. The molecule has 0 bridgehead atoms. The summed E-state index contributed by atoms with van der Waals surface area (Å²) < 4.78 is 0. The summed E-state index contributed by atoms with van der Waals surface area (Å²) in [5.74, 6) is -1.40. The van der Waals surface area contributed by atoms with E-state index in [9.17, 15) is 14.7 Å². The van der Waals surface area contributed by atoms with Crippen LogP contribution in [0.1, 0.15) is 35.3 Å². The minimum atomic E-state index is -0.987. The van der Waals surface area contributed by atoms with Crippen LogP contribution in [0.15, 0.2) is 18.2 Å². The number of carbonyl (C=O) groups is 2. The first kappa shape index (κ1) is 13.5. The lowest BCUT2D eigenvalue weighted by Gasteiger charge is -2.27. The Balaban J connectivity index is 2.34. The second-order valence-electron chi connectivity index (χ2n) is 5.11. The van der Waals surface area contributed by atoms with Gasteiger partial charge in [0, 0.05) is 12.1 Å².